The largest absolute Gasteiger partial charge is 0.490 e. The van der Waals surface area contributed by atoms with Crippen LogP contribution in [-0.2, 0) is 16.6 Å². The molecule has 0 saturated carbocycles. The van der Waals surface area contributed by atoms with Gasteiger partial charge in [-0.15, -0.1) is 11.3 Å². The van der Waals surface area contributed by atoms with Crippen molar-refractivity contribution >= 4 is 33.0 Å². The van der Waals surface area contributed by atoms with E-state index >= 15 is 0 Å². The Hall–Kier alpha value is -3.22. The van der Waals surface area contributed by atoms with Gasteiger partial charge in [-0.2, -0.15) is 4.31 Å². The van der Waals surface area contributed by atoms with Crippen LogP contribution in [0.3, 0.4) is 0 Å². The van der Waals surface area contributed by atoms with Crippen LogP contribution in [-0.4, -0.2) is 66.3 Å². The molecule has 1 aliphatic heterocycles. The number of methoxy groups -OCH3 is 1. The zero-order valence-electron chi connectivity index (χ0n) is 17.8. The monoisotopic (exact) mass is 490 g/mol. The maximum absolute atomic E-state index is 13.1. The third-order valence-corrected chi connectivity index (χ3v) is 8.22. The second kappa shape index (κ2) is 9.33. The molecule has 0 radical (unpaired) electrons. The first-order valence-electron chi connectivity index (χ1n) is 10.1. The number of aromatic nitrogens is 1. The van der Waals surface area contributed by atoms with Crippen LogP contribution in [0, 0.1) is 10.1 Å². The predicted octanol–water partition coefficient (Wildman–Crippen LogP) is 2.66. The fourth-order valence-corrected chi connectivity index (χ4v) is 5.88. The number of sulfonamides is 1. The van der Waals surface area contributed by atoms with E-state index < -0.39 is 20.6 Å². The highest BCUT2D eigenvalue weighted by molar-refractivity contribution is 7.89. The minimum Gasteiger partial charge on any atom is -0.490 e. The number of rotatable bonds is 7. The molecule has 1 saturated heterocycles. The van der Waals surface area contributed by atoms with Crippen molar-refractivity contribution in [2.75, 3.05) is 33.3 Å². The maximum atomic E-state index is 13.1. The van der Waals surface area contributed by atoms with Crippen molar-refractivity contribution in [1.29, 1.82) is 0 Å². The van der Waals surface area contributed by atoms with Crippen LogP contribution in [0.1, 0.15) is 15.4 Å². The molecule has 3 heterocycles. The second-order valence-electron chi connectivity index (χ2n) is 7.39. The zero-order chi connectivity index (χ0) is 23.6. The molecule has 12 heteroatoms. The van der Waals surface area contributed by atoms with Gasteiger partial charge in [0.25, 0.3) is 5.91 Å². The average molecular weight is 491 g/mol. The van der Waals surface area contributed by atoms with Crippen LogP contribution < -0.4 is 4.74 Å². The molecular formula is C21H22N4O6S2. The number of hydrogen-bond donors (Lipinski definition) is 0. The van der Waals surface area contributed by atoms with Gasteiger partial charge >= 0.3 is 5.69 Å². The summed E-state index contributed by atoms with van der Waals surface area (Å²) in [6.45, 7) is 1.23. The predicted molar refractivity (Wildman–Crippen MR) is 122 cm³/mol. The number of nitro benzene ring substituents is 1. The molecule has 0 unspecified atom stereocenters. The minimum atomic E-state index is -3.96. The number of piperazine rings is 1. The van der Waals surface area contributed by atoms with Crippen LogP contribution >= 0.6 is 11.3 Å². The van der Waals surface area contributed by atoms with E-state index in [9.17, 15) is 23.3 Å². The standard InChI is InChI=1S/C21H22N4O6S2/c1-31-20-7-6-17(14-19(20)25(27)28)33(29,30)24-11-9-22(10-12-24)21(26)18-5-2-8-23(18)15-16-4-3-13-32-16/h2-8,13-14H,9-12,15H2,1H3. The third-order valence-electron chi connectivity index (χ3n) is 5.47. The van der Waals surface area contributed by atoms with Crippen molar-refractivity contribution in [1.82, 2.24) is 13.8 Å². The molecule has 0 spiro atoms. The van der Waals surface area contributed by atoms with Crippen LogP contribution in [0.15, 0.2) is 58.9 Å². The summed E-state index contributed by atoms with van der Waals surface area (Å²) in [6, 6.07) is 11.1. The molecule has 2 aromatic heterocycles. The first-order chi connectivity index (χ1) is 15.8. The average Bonchev–Trinajstić information content (AvgIpc) is 3.50. The summed E-state index contributed by atoms with van der Waals surface area (Å²) in [4.78, 5) is 26.2. The molecule has 3 aromatic rings. The topological polar surface area (TPSA) is 115 Å². The second-order valence-corrected chi connectivity index (χ2v) is 10.4. The smallest absolute Gasteiger partial charge is 0.312 e. The third kappa shape index (κ3) is 4.63. The van der Waals surface area contributed by atoms with Gasteiger partial charge in [-0.05, 0) is 35.7 Å². The molecule has 1 amide bonds. The Morgan fingerprint density at radius 2 is 1.91 bits per heavy atom. The Balaban J connectivity index is 1.46. The summed E-state index contributed by atoms with van der Waals surface area (Å²) in [6.07, 6.45) is 1.85. The number of thiophene rings is 1. The lowest BCUT2D eigenvalue weighted by molar-refractivity contribution is -0.386. The summed E-state index contributed by atoms with van der Waals surface area (Å²) < 4.78 is 34.2. The van der Waals surface area contributed by atoms with Gasteiger partial charge in [0.2, 0.25) is 10.0 Å². The molecule has 1 aliphatic rings. The quantitative estimate of drug-likeness (QED) is 0.372. The van der Waals surface area contributed by atoms with Gasteiger partial charge in [-0.3, -0.25) is 14.9 Å². The Bertz CT molecular complexity index is 1260. The first kappa shape index (κ1) is 23.0. The van der Waals surface area contributed by atoms with E-state index in [4.69, 9.17) is 4.74 Å². The fraction of sp³-hybridized carbons (Fsp3) is 0.286. The van der Waals surface area contributed by atoms with E-state index in [0.717, 1.165) is 10.9 Å². The molecule has 33 heavy (non-hydrogen) atoms. The lowest BCUT2D eigenvalue weighted by Gasteiger charge is -2.34. The molecule has 174 valence electrons. The van der Waals surface area contributed by atoms with Gasteiger partial charge in [0.1, 0.15) is 5.69 Å². The first-order valence-corrected chi connectivity index (χ1v) is 12.4. The van der Waals surface area contributed by atoms with Gasteiger partial charge in [-0.1, -0.05) is 6.07 Å². The molecular weight excluding hydrogens is 468 g/mol. The van der Waals surface area contributed by atoms with E-state index in [2.05, 4.69) is 0 Å². The summed E-state index contributed by atoms with van der Waals surface area (Å²) >= 11 is 1.61. The highest BCUT2D eigenvalue weighted by Crippen LogP contribution is 2.31. The molecule has 10 nitrogen and oxygen atoms in total. The number of nitrogens with zero attached hydrogens (tertiary/aromatic N) is 4. The number of nitro groups is 1. The Labute approximate surface area is 194 Å². The minimum absolute atomic E-state index is 0.0140. The Morgan fingerprint density at radius 3 is 2.55 bits per heavy atom. The Kier molecular flexibility index (Phi) is 6.49. The van der Waals surface area contributed by atoms with Crippen molar-refractivity contribution in [2.24, 2.45) is 0 Å². The number of carbonyl (C=O) groups excluding carboxylic acids is 1. The van der Waals surface area contributed by atoms with Crippen LogP contribution in [0.4, 0.5) is 5.69 Å². The van der Waals surface area contributed by atoms with Crippen molar-refractivity contribution in [3.05, 3.63) is 74.7 Å². The van der Waals surface area contributed by atoms with Crippen molar-refractivity contribution in [2.45, 2.75) is 11.4 Å². The van der Waals surface area contributed by atoms with E-state index in [1.807, 2.05) is 34.3 Å². The summed E-state index contributed by atoms with van der Waals surface area (Å²) in [7, 11) is -2.68. The molecule has 0 aliphatic carbocycles. The Morgan fingerprint density at radius 1 is 1.15 bits per heavy atom. The summed E-state index contributed by atoms with van der Waals surface area (Å²) in [5.41, 5.74) is 0.129. The molecule has 1 aromatic carbocycles. The van der Waals surface area contributed by atoms with Crippen LogP contribution in [0.25, 0.3) is 0 Å². The van der Waals surface area contributed by atoms with Crippen molar-refractivity contribution in [3.8, 4) is 5.75 Å². The van der Waals surface area contributed by atoms with Gasteiger partial charge < -0.3 is 14.2 Å². The maximum Gasteiger partial charge on any atom is 0.312 e. The number of benzene rings is 1. The fourth-order valence-electron chi connectivity index (χ4n) is 3.73. The van der Waals surface area contributed by atoms with Crippen LogP contribution in [0.5, 0.6) is 5.75 Å². The van der Waals surface area contributed by atoms with E-state index in [-0.39, 0.29) is 42.7 Å². The lowest BCUT2D eigenvalue weighted by atomic mass is 10.3. The van der Waals surface area contributed by atoms with Gasteiger partial charge in [0.05, 0.1) is 23.5 Å². The molecule has 4 rings (SSSR count). The van der Waals surface area contributed by atoms with Gasteiger partial charge in [0.15, 0.2) is 5.75 Å². The highest BCUT2D eigenvalue weighted by Gasteiger charge is 2.32. The SMILES string of the molecule is COc1ccc(S(=O)(=O)N2CCN(C(=O)c3cccn3Cc3cccs3)CC2)cc1[N+](=O)[O-]. The highest BCUT2D eigenvalue weighted by atomic mass is 32.2. The van der Waals surface area contributed by atoms with Crippen molar-refractivity contribution < 1.29 is 22.9 Å². The van der Waals surface area contributed by atoms with Gasteiger partial charge in [0, 0.05) is 43.3 Å². The summed E-state index contributed by atoms with van der Waals surface area (Å²) in [5, 5.41) is 13.2. The van der Waals surface area contributed by atoms with E-state index in [0.29, 0.717) is 12.2 Å². The molecule has 0 N–H and O–H groups in total. The van der Waals surface area contributed by atoms with Crippen LogP contribution in [0.2, 0.25) is 0 Å². The number of hydrogen-bond acceptors (Lipinski definition) is 7. The number of carbonyl (C=O) groups is 1. The number of amides is 1. The zero-order valence-corrected chi connectivity index (χ0v) is 19.4. The lowest BCUT2D eigenvalue weighted by Crippen LogP contribution is -2.50. The van der Waals surface area contributed by atoms with Crippen molar-refractivity contribution in [3.63, 3.8) is 0 Å². The summed E-state index contributed by atoms with van der Waals surface area (Å²) in [5.74, 6) is -0.173. The van der Waals surface area contributed by atoms with E-state index in [1.165, 1.54) is 23.5 Å². The normalized spacial score (nSPS) is 14.9. The molecule has 0 atom stereocenters. The molecule has 0 bridgehead atoms. The number of ether oxygens (including phenoxy) is 1. The molecule has 1 fully saturated rings. The van der Waals surface area contributed by atoms with E-state index in [1.54, 1.807) is 22.3 Å². The van der Waals surface area contributed by atoms with Gasteiger partial charge in [-0.25, -0.2) is 8.42 Å².